The van der Waals surface area contributed by atoms with Gasteiger partial charge in [0.1, 0.15) is 0 Å². The van der Waals surface area contributed by atoms with E-state index in [0.29, 0.717) is 16.9 Å². The third-order valence-corrected chi connectivity index (χ3v) is 1.98. The SMILES string of the molecule is Cn1ncc(C(=O)c2cccc(N)c2)n1. The van der Waals surface area contributed by atoms with Crippen molar-refractivity contribution in [2.45, 2.75) is 0 Å². The fraction of sp³-hybridized carbons (Fsp3) is 0.100. The number of aromatic nitrogens is 3. The van der Waals surface area contributed by atoms with Crippen molar-refractivity contribution in [2.24, 2.45) is 7.05 Å². The fourth-order valence-corrected chi connectivity index (χ4v) is 1.28. The molecule has 2 N–H and O–H groups in total. The molecule has 1 heterocycles. The number of rotatable bonds is 2. The van der Waals surface area contributed by atoms with Crippen LogP contribution in [0.25, 0.3) is 0 Å². The van der Waals surface area contributed by atoms with E-state index in [2.05, 4.69) is 10.2 Å². The minimum atomic E-state index is -0.171. The zero-order chi connectivity index (χ0) is 10.8. The standard InChI is InChI=1S/C10H10N4O/c1-14-12-6-9(13-14)10(15)7-3-2-4-8(11)5-7/h2-6H,11H2,1H3. The molecule has 0 unspecified atom stereocenters. The predicted molar refractivity (Wildman–Crippen MR) is 55.3 cm³/mol. The quantitative estimate of drug-likeness (QED) is 0.572. The molecule has 0 radical (unpaired) electrons. The van der Waals surface area contributed by atoms with Crippen LogP contribution in [0.1, 0.15) is 16.1 Å². The Morgan fingerprint density at radius 1 is 1.47 bits per heavy atom. The van der Waals surface area contributed by atoms with Crippen LogP contribution in [0.15, 0.2) is 30.5 Å². The summed E-state index contributed by atoms with van der Waals surface area (Å²) in [5.41, 5.74) is 6.99. The minimum absolute atomic E-state index is 0.171. The van der Waals surface area contributed by atoms with Crippen molar-refractivity contribution in [3.63, 3.8) is 0 Å². The summed E-state index contributed by atoms with van der Waals surface area (Å²) < 4.78 is 0. The molecule has 5 nitrogen and oxygen atoms in total. The van der Waals surface area contributed by atoms with Crippen LogP contribution in [0, 0.1) is 0 Å². The first-order chi connectivity index (χ1) is 7.16. The molecule has 0 saturated carbocycles. The lowest BCUT2D eigenvalue weighted by molar-refractivity contribution is 0.103. The van der Waals surface area contributed by atoms with Gasteiger partial charge in [-0.25, -0.2) is 0 Å². The summed E-state index contributed by atoms with van der Waals surface area (Å²) in [5, 5.41) is 7.77. The first-order valence-corrected chi connectivity index (χ1v) is 4.43. The molecule has 0 amide bonds. The van der Waals surface area contributed by atoms with Gasteiger partial charge in [-0.3, -0.25) is 4.79 Å². The molecule has 1 aromatic heterocycles. The fourth-order valence-electron chi connectivity index (χ4n) is 1.28. The van der Waals surface area contributed by atoms with Gasteiger partial charge in [-0.2, -0.15) is 15.0 Å². The van der Waals surface area contributed by atoms with E-state index in [9.17, 15) is 4.79 Å². The van der Waals surface area contributed by atoms with Crippen molar-refractivity contribution in [1.82, 2.24) is 15.0 Å². The Labute approximate surface area is 86.5 Å². The van der Waals surface area contributed by atoms with Crippen LogP contribution >= 0.6 is 0 Å². The first-order valence-electron chi connectivity index (χ1n) is 4.43. The van der Waals surface area contributed by atoms with Gasteiger partial charge in [0, 0.05) is 18.3 Å². The Morgan fingerprint density at radius 3 is 2.87 bits per heavy atom. The Balaban J connectivity index is 2.36. The molecule has 0 bridgehead atoms. The van der Waals surface area contributed by atoms with E-state index in [-0.39, 0.29) is 5.78 Å². The molecular weight excluding hydrogens is 192 g/mol. The number of nitrogen functional groups attached to an aromatic ring is 1. The van der Waals surface area contributed by atoms with Crippen LogP contribution < -0.4 is 5.73 Å². The van der Waals surface area contributed by atoms with Crippen LogP contribution in [0.5, 0.6) is 0 Å². The zero-order valence-electron chi connectivity index (χ0n) is 8.21. The molecule has 76 valence electrons. The average molecular weight is 202 g/mol. The van der Waals surface area contributed by atoms with Crippen LogP contribution in [0.4, 0.5) is 5.69 Å². The highest BCUT2D eigenvalue weighted by atomic mass is 16.1. The lowest BCUT2D eigenvalue weighted by Gasteiger charge is -1.97. The van der Waals surface area contributed by atoms with Crippen LogP contribution in [0.2, 0.25) is 0 Å². The molecule has 0 atom stereocenters. The van der Waals surface area contributed by atoms with Gasteiger partial charge in [-0.1, -0.05) is 12.1 Å². The van der Waals surface area contributed by atoms with E-state index < -0.39 is 0 Å². The largest absolute Gasteiger partial charge is 0.399 e. The molecule has 2 rings (SSSR count). The van der Waals surface area contributed by atoms with E-state index in [1.54, 1.807) is 31.3 Å². The van der Waals surface area contributed by atoms with Crippen molar-refractivity contribution in [3.05, 3.63) is 41.7 Å². The maximum absolute atomic E-state index is 11.8. The molecule has 0 aliphatic heterocycles. The van der Waals surface area contributed by atoms with Gasteiger partial charge in [-0.15, -0.1) is 0 Å². The van der Waals surface area contributed by atoms with Gasteiger partial charge in [0.15, 0.2) is 5.69 Å². The molecule has 0 spiro atoms. The summed E-state index contributed by atoms with van der Waals surface area (Å²) in [6.07, 6.45) is 1.44. The summed E-state index contributed by atoms with van der Waals surface area (Å²) in [5.74, 6) is -0.171. The van der Waals surface area contributed by atoms with E-state index >= 15 is 0 Å². The minimum Gasteiger partial charge on any atom is -0.399 e. The van der Waals surface area contributed by atoms with Crippen molar-refractivity contribution in [2.75, 3.05) is 5.73 Å². The van der Waals surface area contributed by atoms with Gasteiger partial charge >= 0.3 is 0 Å². The number of nitrogens with two attached hydrogens (primary N) is 1. The molecule has 5 heteroatoms. The van der Waals surface area contributed by atoms with Crippen LogP contribution in [-0.2, 0) is 7.05 Å². The van der Waals surface area contributed by atoms with E-state index in [0.717, 1.165) is 0 Å². The maximum atomic E-state index is 11.8. The number of ketones is 1. The van der Waals surface area contributed by atoms with Crippen LogP contribution in [-0.4, -0.2) is 20.8 Å². The van der Waals surface area contributed by atoms with Crippen molar-refractivity contribution in [3.8, 4) is 0 Å². The van der Waals surface area contributed by atoms with Gasteiger partial charge in [0.25, 0.3) is 0 Å². The number of carbonyl (C=O) groups is 1. The second-order valence-corrected chi connectivity index (χ2v) is 3.17. The van der Waals surface area contributed by atoms with Crippen molar-refractivity contribution < 1.29 is 4.79 Å². The predicted octanol–water partition coefficient (Wildman–Crippen LogP) is 0.628. The summed E-state index contributed by atoms with van der Waals surface area (Å²) in [6, 6.07) is 6.79. The van der Waals surface area contributed by atoms with E-state index in [1.807, 2.05) is 0 Å². The molecule has 0 aliphatic rings. The monoisotopic (exact) mass is 202 g/mol. The van der Waals surface area contributed by atoms with Crippen LogP contribution in [0.3, 0.4) is 0 Å². The number of hydrogen-bond donors (Lipinski definition) is 1. The summed E-state index contributed by atoms with van der Waals surface area (Å²) in [7, 11) is 1.66. The highest BCUT2D eigenvalue weighted by Crippen LogP contribution is 2.10. The number of hydrogen-bond acceptors (Lipinski definition) is 4. The Morgan fingerprint density at radius 2 is 2.27 bits per heavy atom. The molecule has 2 aromatic rings. The van der Waals surface area contributed by atoms with Gasteiger partial charge in [-0.05, 0) is 12.1 Å². The maximum Gasteiger partial charge on any atom is 0.214 e. The smallest absolute Gasteiger partial charge is 0.214 e. The number of anilines is 1. The zero-order valence-corrected chi connectivity index (χ0v) is 8.21. The number of carbonyl (C=O) groups excluding carboxylic acids is 1. The first kappa shape index (κ1) is 9.39. The summed E-state index contributed by atoms with van der Waals surface area (Å²) >= 11 is 0. The van der Waals surface area contributed by atoms with Crippen molar-refractivity contribution >= 4 is 11.5 Å². The van der Waals surface area contributed by atoms with E-state index in [4.69, 9.17) is 5.73 Å². The topological polar surface area (TPSA) is 73.8 Å². The molecular formula is C10H10N4O. The molecule has 0 fully saturated rings. The lowest BCUT2D eigenvalue weighted by Crippen LogP contribution is -2.04. The molecule has 0 saturated heterocycles. The summed E-state index contributed by atoms with van der Waals surface area (Å²) in [6.45, 7) is 0. The highest BCUT2D eigenvalue weighted by Gasteiger charge is 2.12. The van der Waals surface area contributed by atoms with Gasteiger partial charge < -0.3 is 5.73 Å². The second-order valence-electron chi connectivity index (χ2n) is 3.17. The summed E-state index contributed by atoms with van der Waals surface area (Å²) in [4.78, 5) is 13.2. The lowest BCUT2D eigenvalue weighted by atomic mass is 10.1. The normalized spacial score (nSPS) is 10.2. The Hall–Kier alpha value is -2.17. The number of benzene rings is 1. The second kappa shape index (κ2) is 3.53. The van der Waals surface area contributed by atoms with E-state index in [1.165, 1.54) is 11.0 Å². The third kappa shape index (κ3) is 1.85. The third-order valence-electron chi connectivity index (χ3n) is 1.98. The molecule has 1 aromatic carbocycles. The Bertz CT molecular complexity index is 504. The number of nitrogens with zero attached hydrogens (tertiary/aromatic N) is 3. The number of aryl methyl sites for hydroxylation is 1. The highest BCUT2D eigenvalue weighted by molar-refractivity contribution is 6.07. The Kier molecular flexibility index (Phi) is 2.21. The molecule has 15 heavy (non-hydrogen) atoms. The average Bonchev–Trinajstić information content (AvgIpc) is 2.64. The van der Waals surface area contributed by atoms with Gasteiger partial charge in [0.05, 0.1) is 6.20 Å². The van der Waals surface area contributed by atoms with Crippen molar-refractivity contribution in [1.29, 1.82) is 0 Å². The molecule has 0 aliphatic carbocycles. The van der Waals surface area contributed by atoms with Gasteiger partial charge in [0.2, 0.25) is 5.78 Å².